The number of hydrogen-bond donors (Lipinski definition) is 0. The van der Waals surface area contributed by atoms with Crippen LogP contribution in [0.3, 0.4) is 0 Å². The molecule has 0 fully saturated rings. The molecule has 0 unspecified atom stereocenters. The van der Waals surface area contributed by atoms with E-state index in [0.29, 0.717) is 0 Å². The van der Waals surface area contributed by atoms with Crippen molar-refractivity contribution in [2.75, 3.05) is 0 Å². The summed E-state index contributed by atoms with van der Waals surface area (Å²) in [6, 6.07) is 16.6. The van der Waals surface area contributed by atoms with Crippen LogP contribution in [0, 0.1) is 6.92 Å². The van der Waals surface area contributed by atoms with Crippen LogP contribution in [0.2, 0.25) is 0 Å². The highest BCUT2D eigenvalue weighted by Gasteiger charge is 2.09. The van der Waals surface area contributed by atoms with Gasteiger partial charge in [0.15, 0.2) is 0 Å². The van der Waals surface area contributed by atoms with Gasteiger partial charge in [-0.05, 0) is 24.6 Å². The van der Waals surface area contributed by atoms with E-state index in [0.717, 1.165) is 16.7 Å². The summed E-state index contributed by atoms with van der Waals surface area (Å²) >= 11 is 3.59. The summed E-state index contributed by atoms with van der Waals surface area (Å²) < 4.78 is 3.17. The van der Waals surface area contributed by atoms with E-state index in [1.807, 2.05) is 6.07 Å². The van der Waals surface area contributed by atoms with Gasteiger partial charge in [-0.25, -0.2) is 0 Å². The first kappa shape index (κ1) is 11.5. The summed E-state index contributed by atoms with van der Waals surface area (Å²) in [5, 5.41) is 5.83. The molecule has 0 spiro atoms. The fourth-order valence-corrected chi connectivity index (χ4v) is 2.89. The number of fused-ring (bicyclic) bond motifs is 1. The van der Waals surface area contributed by atoms with Gasteiger partial charge in [-0.2, -0.15) is 5.10 Å². The normalized spacial score (nSPS) is 11.0. The van der Waals surface area contributed by atoms with Crippen molar-refractivity contribution in [3.8, 4) is 0 Å². The summed E-state index contributed by atoms with van der Waals surface area (Å²) in [5.74, 6) is 0. The fraction of sp³-hybridized carbons (Fsp3) is 0.133. The first-order chi connectivity index (χ1) is 8.75. The lowest BCUT2D eigenvalue weighted by Crippen LogP contribution is -2.01. The number of rotatable bonds is 2. The zero-order chi connectivity index (χ0) is 12.5. The quantitative estimate of drug-likeness (QED) is 0.695. The molecule has 0 radical (unpaired) electrons. The average molecular weight is 301 g/mol. The van der Waals surface area contributed by atoms with Crippen molar-refractivity contribution in [2.24, 2.45) is 0 Å². The van der Waals surface area contributed by atoms with Crippen LogP contribution < -0.4 is 0 Å². The molecule has 0 aliphatic rings. The first-order valence-electron chi connectivity index (χ1n) is 5.91. The Labute approximate surface area is 114 Å². The van der Waals surface area contributed by atoms with E-state index in [9.17, 15) is 0 Å². The SMILES string of the molecule is Cc1nn(Cc2ccccc2)c2cccc(Br)c12. The predicted molar refractivity (Wildman–Crippen MR) is 77.7 cm³/mol. The van der Waals surface area contributed by atoms with Crippen molar-refractivity contribution in [1.29, 1.82) is 0 Å². The molecule has 0 saturated heterocycles. The topological polar surface area (TPSA) is 17.8 Å². The van der Waals surface area contributed by atoms with E-state index in [-0.39, 0.29) is 0 Å². The zero-order valence-corrected chi connectivity index (χ0v) is 11.7. The molecule has 0 aliphatic heterocycles. The Kier molecular flexibility index (Phi) is 2.92. The largest absolute Gasteiger partial charge is 0.260 e. The molecule has 0 atom stereocenters. The van der Waals surface area contributed by atoms with Gasteiger partial charge in [-0.15, -0.1) is 0 Å². The molecule has 1 aromatic heterocycles. The summed E-state index contributed by atoms with van der Waals surface area (Å²) in [6.07, 6.45) is 0. The van der Waals surface area contributed by atoms with Crippen LogP contribution in [0.4, 0.5) is 0 Å². The van der Waals surface area contributed by atoms with E-state index in [2.05, 4.69) is 75.1 Å². The lowest BCUT2D eigenvalue weighted by molar-refractivity contribution is 0.703. The standard InChI is InChI=1S/C15H13BrN2/c1-11-15-13(16)8-5-9-14(15)18(17-11)10-12-6-3-2-4-7-12/h2-9H,10H2,1H3. The molecule has 0 bridgehead atoms. The molecule has 1 heterocycles. The minimum atomic E-state index is 0.807. The third-order valence-corrected chi connectivity index (χ3v) is 3.74. The highest BCUT2D eigenvalue weighted by Crippen LogP contribution is 2.27. The molecular weight excluding hydrogens is 288 g/mol. The van der Waals surface area contributed by atoms with Crippen molar-refractivity contribution in [2.45, 2.75) is 13.5 Å². The van der Waals surface area contributed by atoms with E-state index in [4.69, 9.17) is 0 Å². The molecule has 3 rings (SSSR count). The number of hydrogen-bond acceptors (Lipinski definition) is 1. The van der Waals surface area contributed by atoms with Crippen molar-refractivity contribution < 1.29 is 0 Å². The predicted octanol–water partition coefficient (Wildman–Crippen LogP) is 4.16. The maximum Gasteiger partial charge on any atom is 0.0700 e. The Balaban J connectivity index is 2.11. The van der Waals surface area contributed by atoms with Crippen LogP contribution in [0.15, 0.2) is 53.0 Å². The van der Waals surface area contributed by atoms with E-state index >= 15 is 0 Å². The van der Waals surface area contributed by atoms with Crippen molar-refractivity contribution in [1.82, 2.24) is 9.78 Å². The Morgan fingerprint density at radius 3 is 2.61 bits per heavy atom. The second kappa shape index (κ2) is 4.58. The molecular formula is C15H13BrN2. The van der Waals surface area contributed by atoms with Crippen LogP contribution >= 0.6 is 15.9 Å². The number of aryl methyl sites for hydroxylation is 1. The van der Waals surface area contributed by atoms with Crippen LogP contribution in [-0.4, -0.2) is 9.78 Å². The van der Waals surface area contributed by atoms with Crippen LogP contribution in [-0.2, 0) is 6.54 Å². The number of aromatic nitrogens is 2. The molecule has 2 aromatic carbocycles. The van der Waals surface area contributed by atoms with Gasteiger partial charge in [0.25, 0.3) is 0 Å². The molecule has 0 aliphatic carbocycles. The maximum absolute atomic E-state index is 4.63. The lowest BCUT2D eigenvalue weighted by Gasteiger charge is -2.03. The average Bonchev–Trinajstić information content (AvgIpc) is 2.69. The van der Waals surface area contributed by atoms with Gasteiger partial charge in [0.2, 0.25) is 0 Å². The second-order valence-corrected chi connectivity index (χ2v) is 5.22. The molecule has 90 valence electrons. The third kappa shape index (κ3) is 1.95. The molecule has 0 N–H and O–H groups in total. The summed E-state index contributed by atoms with van der Waals surface area (Å²) in [7, 11) is 0. The molecule has 3 heteroatoms. The van der Waals surface area contributed by atoms with Crippen LogP contribution in [0.25, 0.3) is 10.9 Å². The molecule has 2 nitrogen and oxygen atoms in total. The fourth-order valence-electron chi connectivity index (χ4n) is 2.25. The lowest BCUT2D eigenvalue weighted by atomic mass is 10.2. The summed E-state index contributed by atoms with van der Waals surface area (Å²) in [5.41, 5.74) is 3.50. The van der Waals surface area contributed by atoms with Crippen molar-refractivity contribution in [3.05, 3.63) is 64.3 Å². The third-order valence-electron chi connectivity index (χ3n) is 3.08. The van der Waals surface area contributed by atoms with Crippen molar-refractivity contribution in [3.63, 3.8) is 0 Å². The van der Waals surface area contributed by atoms with E-state index in [1.54, 1.807) is 0 Å². The first-order valence-corrected chi connectivity index (χ1v) is 6.70. The van der Waals surface area contributed by atoms with Gasteiger partial charge >= 0.3 is 0 Å². The Morgan fingerprint density at radius 1 is 1.06 bits per heavy atom. The Hall–Kier alpha value is -1.61. The van der Waals surface area contributed by atoms with E-state index in [1.165, 1.54) is 16.5 Å². The second-order valence-electron chi connectivity index (χ2n) is 4.36. The maximum atomic E-state index is 4.63. The van der Waals surface area contributed by atoms with Gasteiger partial charge in [0.05, 0.1) is 17.8 Å². The summed E-state index contributed by atoms with van der Waals surface area (Å²) in [6.45, 7) is 2.86. The van der Waals surface area contributed by atoms with Crippen LogP contribution in [0.5, 0.6) is 0 Å². The van der Waals surface area contributed by atoms with E-state index < -0.39 is 0 Å². The minimum Gasteiger partial charge on any atom is -0.260 e. The molecule has 0 saturated carbocycles. The monoisotopic (exact) mass is 300 g/mol. The number of benzene rings is 2. The Bertz CT molecular complexity index is 686. The smallest absolute Gasteiger partial charge is 0.0700 e. The van der Waals surface area contributed by atoms with Crippen LogP contribution in [0.1, 0.15) is 11.3 Å². The van der Waals surface area contributed by atoms with Gasteiger partial charge in [0.1, 0.15) is 0 Å². The number of halogens is 1. The van der Waals surface area contributed by atoms with Gasteiger partial charge < -0.3 is 0 Å². The molecule has 0 amide bonds. The molecule has 18 heavy (non-hydrogen) atoms. The molecule has 3 aromatic rings. The highest BCUT2D eigenvalue weighted by molar-refractivity contribution is 9.10. The number of nitrogens with zero attached hydrogens (tertiary/aromatic N) is 2. The highest BCUT2D eigenvalue weighted by atomic mass is 79.9. The Morgan fingerprint density at radius 2 is 1.83 bits per heavy atom. The van der Waals surface area contributed by atoms with Gasteiger partial charge in [-0.3, -0.25) is 4.68 Å². The van der Waals surface area contributed by atoms with Gasteiger partial charge in [0, 0.05) is 9.86 Å². The summed E-state index contributed by atoms with van der Waals surface area (Å²) in [4.78, 5) is 0. The minimum absolute atomic E-state index is 0.807. The van der Waals surface area contributed by atoms with Gasteiger partial charge in [-0.1, -0.05) is 52.3 Å². The zero-order valence-electron chi connectivity index (χ0n) is 10.1. The van der Waals surface area contributed by atoms with Crippen molar-refractivity contribution >= 4 is 26.8 Å².